The number of fused-ring (bicyclic) bond motifs is 1. The van der Waals surface area contributed by atoms with Crippen LogP contribution in [0.3, 0.4) is 0 Å². The molecule has 7 heteroatoms. The number of anilines is 1. The molecule has 0 saturated heterocycles. The maximum atomic E-state index is 13.4. The van der Waals surface area contributed by atoms with Crippen LogP contribution in [0.15, 0.2) is 60.0 Å². The first-order chi connectivity index (χ1) is 14.3. The van der Waals surface area contributed by atoms with Gasteiger partial charge in [-0.25, -0.2) is 0 Å². The topological polar surface area (TPSA) is 23.6 Å². The molecule has 1 aliphatic rings. The molecule has 0 bridgehead atoms. The van der Waals surface area contributed by atoms with Crippen LogP contribution in [-0.4, -0.2) is 31.4 Å². The van der Waals surface area contributed by atoms with Gasteiger partial charge in [-0.15, -0.1) is 11.3 Å². The zero-order valence-electron chi connectivity index (χ0n) is 16.6. The number of halogens is 3. The summed E-state index contributed by atoms with van der Waals surface area (Å²) < 4.78 is 39.0. The molecule has 1 unspecified atom stereocenters. The van der Waals surface area contributed by atoms with Crippen molar-refractivity contribution in [1.29, 1.82) is 0 Å². The zero-order chi connectivity index (χ0) is 21.5. The maximum Gasteiger partial charge on any atom is 0.416 e. The van der Waals surface area contributed by atoms with Crippen LogP contribution < -0.4 is 4.90 Å². The van der Waals surface area contributed by atoms with Gasteiger partial charge in [-0.2, -0.15) is 13.2 Å². The smallest absolute Gasteiger partial charge is 0.378 e. The highest BCUT2D eigenvalue weighted by atomic mass is 32.1. The predicted molar refractivity (Wildman–Crippen MR) is 113 cm³/mol. The number of hydrogen-bond donors (Lipinski definition) is 0. The van der Waals surface area contributed by atoms with Gasteiger partial charge in [0.05, 0.1) is 11.6 Å². The number of benzene rings is 2. The standard InChI is InChI=1S/C23H21F3N2OS/c1-27(2)18-9-5-16(6-10-18)22(29)28-13-11-20-19(12-14-30-20)21(28)15-3-7-17(8-4-15)23(24,25)26/h3-10,12,14,21H,11,13H2,1-2H3. The number of nitrogens with zero attached hydrogens (tertiary/aromatic N) is 2. The molecule has 0 aliphatic carbocycles. The van der Waals surface area contributed by atoms with Gasteiger partial charge in [0, 0.05) is 36.8 Å². The summed E-state index contributed by atoms with van der Waals surface area (Å²) in [6.07, 6.45) is -3.64. The SMILES string of the molecule is CN(C)c1ccc(C(=O)N2CCc3sccc3C2c2ccc(C(F)(F)F)cc2)cc1. The van der Waals surface area contributed by atoms with Crippen molar-refractivity contribution in [3.8, 4) is 0 Å². The fraction of sp³-hybridized carbons (Fsp3) is 0.261. The summed E-state index contributed by atoms with van der Waals surface area (Å²) in [6, 6.07) is 14.1. The van der Waals surface area contributed by atoms with Crippen LogP contribution in [0.4, 0.5) is 18.9 Å². The minimum atomic E-state index is -4.39. The molecule has 1 atom stereocenters. The molecule has 1 aliphatic heterocycles. The van der Waals surface area contributed by atoms with E-state index < -0.39 is 17.8 Å². The second-order valence-corrected chi connectivity index (χ2v) is 8.51. The lowest BCUT2D eigenvalue weighted by atomic mass is 9.92. The zero-order valence-corrected chi connectivity index (χ0v) is 17.4. The quantitative estimate of drug-likeness (QED) is 0.538. The molecule has 3 aromatic rings. The molecule has 0 saturated carbocycles. The molecular formula is C23H21F3N2OS. The Hall–Kier alpha value is -2.80. The van der Waals surface area contributed by atoms with Gasteiger partial charge in [-0.1, -0.05) is 12.1 Å². The van der Waals surface area contributed by atoms with E-state index in [-0.39, 0.29) is 5.91 Å². The molecule has 2 heterocycles. The van der Waals surface area contributed by atoms with E-state index in [1.54, 1.807) is 28.4 Å². The largest absolute Gasteiger partial charge is 0.416 e. The summed E-state index contributed by atoms with van der Waals surface area (Å²) in [4.78, 5) is 18.3. The van der Waals surface area contributed by atoms with Crippen LogP contribution in [0.5, 0.6) is 0 Å². The molecule has 0 radical (unpaired) electrons. The molecule has 3 nitrogen and oxygen atoms in total. The Labute approximate surface area is 177 Å². The van der Waals surface area contributed by atoms with Crippen LogP contribution in [0, 0.1) is 0 Å². The first-order valence-electron chi connectivity index (χ1n) is 9.57. The van der Waals surface area contributed by atoms with Gasteiger partial charge >= 0.3 is 6.18 Å². The number of rotatable bonds is 3. The Balaban J connectivity index is 1.70. The van der Waals surface area contributed by atoms with Crippen LogP contribution in [0.1, 0.15) is 38.0 Å². The lowest BCUT2D eigenvalue weighted by molar-refractivity contribution is -0.137. The maximum absolute atomic E-state index is 13.4. The average Bonchev–Trinajstić information content (AvgIpc) is 3.21. The average molecular weight is 430 g/mol. The van der Waals surface area contributed by atoms with E-state index >= 15 is 0 Å². The summed E-state index contributed by atoms with van der Waals surface area (Å²) in [5.41, 5.74) is 2.54. The summed E-state index contributed by atoms with van der Waals surface area (Å²) in [6.45, 7) is 0.521. The van der Waals surface area contributed by atoms with Gasteiger partial charge in [-0.05, 0) is 65.4 Å². The molecule has 156 valence electrons. The van der Waals surface area contributed by atoms with Crippen LogP contribution in [-0.2, 0) is 12.6 Å². The van der Waals surface area contributed by atoms with E-state index in [1.807, 2.05) is 42.6 Å². The molecule has 1 amide bonds. The Bertz CT molecular complexity index is 1040. The van der Waals surface area contributed by atoms with E-state index in [2.05, 4.69) is 0 Å². The number of carbonyl (C=O) groups excluding carboxylic acids is 1. The normalized spacial score (nSPS) is 16.3. The van der Waals surface area contributed by atoms with Crippen LogP contribution in [0.25, 0.3) is 0 Å². The highest BCUT2D eigenvalue weighted by molar-refractivity contribution is 7.10. The predicted octanol–water partition coefficient (Wildman–Crippen LogP) is 5.62. The van der Waals surface area contributed by atoms with Crippen molar-refractivity contribution in [2.24, 2.45) is 0 Å². The summed E-state index contributed by atoms with van der Waals surface area (Å²) in [5.74, 6) is -0.123. The molecule has 0 N–H and O–H groups in total. The van der Waals surface area contributed by atoms with Crippen molar-refractivity contribution in [3.05, 3.63) is 87.1 Å². The number of hydrogen-bond acceptors (Lipinski definition) is 3. The van der Waals surface area contributed by atoms with Crippen LogP contribution >= 0.6 is 11.3 Å². The first-order valence-corrected chi connectivity index (χ1v) is 10.5. The Morgan fingerprint density at radius 2 is 1.70 bits per heavy atom. The van der Waals surface area contributed by atoms with Crippen molar-refractivity contribution in [1.82, 2.24) is 4.90 Å². The third-order valence-electron chi connectivity index (χ3n) is 5.41. The summed E-state index contributed by atoms with van der Waals surface area (Å²) in [5, 5.41) is 1.97. The number of alkyl halides is 3. The first kappa shape index (κ1) is 20.5. The second-order valence-electron chi connectivity index (χ2n) is 7.51. The van der Waals surface area contributed by atoms with Crippen LogP contribution in [0.2, 0.25) is 0 Å². The lowest BCUT2D eigenvalue weighted by Crippen LogP contribution is -2.40. The third-order valence-corrected chi connectivity index (χ3v) is 6.41. The minimum Gasteiger partial charge on any atom is -0.378 e. The summed E-state index contributed by atoms with van der Waals surface area (Å²) >= 11 is 1.62. The van der Waals surface area contributed by atoms with E-state index in [1.165, 1.54) is 17.0 Å². The molecular weight excluding hydrogens is 409 g/mol. The van der Waals surface area contributed by atoms with Crippen molar-refractivity contribution < 1.29 is 18.0 Å². The van der Waals surface area contributed by atoms with Crippen molar-refractivity contribution >= 4 is 22.9 Å². The third kappa shape index (κ3) is 3.81. The van der Waals surface area contributed by atoms with Gasteiger partial charge in [0.25, 0.3) is 5.91 Å². The van der Waals surface area contributed by atoms with E-state index in [4.69, 9.17) is 0 Å². The molecule has 4 rings (SSSR count). The Morgan fingerprint density at radius 1 is 1.03 bits per heavy atom. The molecule has 0 fully saturated rings. The molecule has 1 aromatic heterocycles. The van der Waals surface area contributed by atoms with Gasteiger partial charge in [0.15, 0.2) is 0 Å². The fourth-order valence-electron chi connectivity index (χ4n) is 3.82. The van der Waals surface area contributed by atoms with Crippen molar-refractivity contribution in [3.63, 3.8) is 0 Å². The molecule has 0 spiro atoms. The van der Waals surface area contributed by atoms with E-state index in [9.17, 15) is 18.0 Å². The van der Waals surface area contributed by atoms with Gasteiger partial charge < -0.3 is 9.80 Å². The molecule has 30 heavy (non-hydrogen) atoms. The highest BCUT2D eigenvalue weighted by Crippen LogP contribution is 2.39. The number of amides is 1. The van der Waals surface area contributed by atoms with E-state index in [0.717, 1.165) is 29.8 Å². The fourth-order valence-corrected chi connectivity index (χ4v) is 4.72. The monoisotopic (exact) mass is 430 g/mol. The summed E-state index contributed by atoms with van der Waals surface area (Å²) in [7, 11) is 3.86. The minimum absolute atomic E-state index is 0.123. The van der Waals surface area contributed by atoms with Gasteiger partial charge in [0.2, 0.25) is 0 Å². The number of carbonyl (C=O) groups is 1. The Morgan fingerprint density at radius 3 is 2.30 bits per heavy atom. The van der Waals surface area contributed by atoms with Crippen molar-refractivity contribution in [2.75, 3.05) is 25.5 Å². The number of thiophene rings is 1. The lowest BCUT2D eigenvalue weighted by Gasteiger charge is -2.36. The second kappa shape index (κ2) is 7.80. The van der Waals surface area contributed by atoms with E-state index in [0.29, 0.717) is 17.7 Å². The van der Waals surface area contributed by atoms with Gasteiger partial charge in [0.1, 0.15) is 0 Å². The highest BCUT2D eigenvalue weighted by Gasteiger charge is 2.35. The molecule has 2 aromatic carbocycles. The van der Waals surface area contributed by atoms with Crippen molar-refractivity contribution in [2.45, 2.75) is 18.6 Å². The Kier molecular flexibility index (Phi) is 5.32. The van der Waals surface area contributed by atoms with Gasteiger partial charge in [-0.3, -0.25) is 4.79 Å².